The molecule has 0 bridgehead atoms. The average molecular weight is 445 g/mol. The summed E-state index contributed by atoms with van der Waals surface area (Å²) in [5.74, 6) is -1.03. The van der Waals surface area contributed by atoms with E-state index in [-0.39, 0.29) is 24.2 Å². The van der Waals surface area contributed by atoms with Crippen molar-refractivity contribution in [2.45, 2.75) is 18.3 Å². The number of nitrogens with one attached hydrogen (secondary N) is 2. The van der Waals surface area contributed by atoms with Crippen LogP contribution in [-0.4, -0.2) is 49.7 Å². The van der Waals surface area contributed by atoms with Crippen LogP contribution in [0.15, 0.2) is 29.1 Å². The molecule has 0 saturated heterocycles. The third-order valence-electron chi connectivity index (χ3n) is 5.25. The lowest BCUT2D eigenvalue weighted by atomic mass is 9.86. The lowest BCUT2D eigenvalue weighted by Crippen LogP contribution is -2.47. The number of hydrogen-bond donors (Lipinski definition) is 2. The monoisotopic (exact) mass is 444 g/mol. The molecule has 1 aromatic carbocycles. The molecule has 2 amide bonds. The highest BCUT2D eigenvalue weighted by Crippen LogP contribution is 2.53. The van der Waals surface area contributed by atoms with E-state index >= 15 is 0 Å². The Kier molecular flexibility index (Phi) is 3.73. The minimum atomic E-state index is -0.417. The van der Waals surface area contributed by atoms with Gasteiger partial charge >= 0.3 is 0 Å². The second-order valence-electron chi connectivity index (χ2n) is 7.11. The van der Waals surface area contributed by atoms with Crippen molar-refractivity contribution in [3.05, 3.63) is 46.1 Å². The molecule has 2 aliphatic rings. The van der Waals surface area contributed by atoms with Gasteiger partial charge in [0.2, 0.25) is 11.9 Å². The molecule has 0 atom stereocenters. The first kappa shape index (κ1) is 17.2. The molecule has 5 rings (SSSR count). The van der Waals surface area contributed by atoms with Crippen molar-refractivity contribution >= 4 is 44.9 Å². The molecule has 3 heterocycles. The molecule has 28 heavy (non-hydrogen) atoms. The largest absolute Gasteiger partial charge is 0.342 e. The first-order chi connectivity index (χ1) is 13.5. The number of nitrogens with zero attached hydrogens (tertiary/aromatic N) is 4. The Morgan fingerprint density at radius 3 is 2.96 bits per heavy atom. The molecular formula is C18H14BrFN6O2. The predicted molar refractivity (Wildman–Crippen MR) is 101 cm³/mol. The molecule has 1 saturated carbocycles. The fourth-order valence-corrected chi connectivity index (χ4v) is 4.08. The minimum absolute atomic E-state index is 0.116. The molecule has 3 aromatic rings. The van der Waals surface area contributed by atoms with E-state index in [0.717, 1.165) is 12.8 Å². The van der Waals surface area contributed by atoms with E-state index in [9.17, 15) is 14.0 Å². The van der Waals surface area contributed by atoms with E-state index in [2.05, 4.69) is 41.2 Å². The number of carbonyl (C=O) groups is 2. The molecule has 1 aliphatic carbocycles. The van der Waals surface area contributed by atoms with E-state index in [1.807, 2.05) is 0 Å². The molecule has 1 aliphatic heterocycles. The number of benzene rings is 1. The molecule has 2 aromatic heterocycles. The summed E-state index contributed by atoms with van der Waals surface area (Å²) in [5.41, 5.74) is 1.49. The standard InChI is InChI=1S/C18H14BrFN6O2/c19-10-2-1-9-13(14(10)20)18(3-4-18)7-26(16(9)28)6-12(27)24-17-21-5-11-15(25-17)23-8-22-11/h1-2,5,8H,3-4,6-7H2,(H2,21,22,23,24,25,27). The number of fused-ring (bicyclic) bond motifs is 3. The Bertz CT molecular complexity index is 1140. The Morgan fingerprint density at radius 2 is 2.18 bits per heavy atom. The third kappa shape index (κ3) is 2.67. The molecule has 2 N–H and O–H groups in total. The Balaban J connectivity index is 1.37. The molecule has 1 spiro atoms. The first-order valence-corrected chi connectivity index (χ1v) is 9.50. The van der Waals surface area contributed by atoms with E-state index in [1.54, 1.807) is 6.07 Å². The SMILES string of the molecule is O=C(CN1CC2(CC2)c2c(ccc(Br)c2F)C1=O)Nc1ncc2[nH]cnc2n1. The fraction of sp³-hybridized carbons (Fsp3) is 0.278. The summed E-state index contributed by atoms with van der Waals surface area (Å²) in [6, 6.07) is 3.14. The predicted octanol–water partition coefficient (Wildman–Crippen LogP) is 2.38. The fourth-order valence-electron chi connectivity index (χ4n) is 3.75. The van der Waals surface area contributed by atoms with Crippen LogP contribution < -0.4 is 5.32 Å². The van der Waals surface area contributed by atoms with Crippen molar-refractivity contribution in [3.63, 3.8) is 0 Å². The third-order valence-corrected chi connectivity index (χ3v) is 5.86. The summed E-state index contributed by atoms with van der Waals surface area (Å²) in [5, 5.41) is 2.59. The summed E-state index contributed by atoms with van der Waals surface area (Å²) >= 11 is 3.20. The maximum atomic E-state index is 14.6. The number of anilines is 1. The van der Waals surface area contributed by atoms with Crippen LogP contribution in [0.5, 0.6) is 0 Å². The maximum Gasteiger partial charge on any atom is 0.254 e. The Labute approximate surface area is 166 Å². The van der Waals surface area contributed by atoms with Gasteiger partial charge in [0.1, 0.15) is 17.9 Å². The highest BCUT2D eigenvalue weighted by Gasteiger charge is 2.53. The smallest absolute Gasteiger partial charge is 0.254 e. The molecule has 10 heteroatoms. The van der Waals surface area contributed by atoms with Gasteiger partial charge < -0.3 is 9.88 Å². The molecule has 0 unspecified atom stereocenters. The molecule has 1 fully saturated rings. The van der Waals surface area contributed by atoms with Gasteiger partial charge in [-0.05, 0) is 40.9 Å². The second-order valence-corrected chi connectivity index (χ2v) is 7.96. The van der Waals surface area contributed by atoms with Crippen molar-refractivity contribution < 1.29 is 14.0 Å². The van der Waals surface area contributed by atoms with Gasteiger partial charge in [0, 0.05) is 23.1 Å². The number of aromatic nitrogens is 4. The van der Waals surface area contributed by atoms with Gasteiger partial charge in [-0.15, -0.1) is 0 Å². The van der Waals surface area contributed by atoms with Gasteiger partial charge in [-0.25, -0.2) is 14.4 Å². The Hall–Kier alpha value is -2.88. The van der Waals surface area contributed by atoms with Gasteiger partial charge in [0.25, 0.3) is 5.91 Å². The summed E-state index contributed by atoms with van der Waals surface area (Å²) in [7, 11) is 0. The number of hydrogen-bond acceptors (Lipinski definition) is 5. The van der Waals surface area contributed by atoms with Crippen molar-refractivity contribution in [2.24, 2.45) is 0 Å². The van der Waals surface area contributed by atoms with Crippen molar-refractivity contribution in [1.29, 1.82) is 0 Å². The first-order valence-electron chi connectivity index (χ1n) is 8.71. The van der Waals surface area contributed by atoms with Crippen LogP contribution in [0.2, 0.25) is 0 Å². The normalized spacial score (nSPS) is 17.1. The molecule has 0 radical (unpaired) electrons. The van der Waals surface area contributed by atoms with Crippen LogP contribution in [-0.2, 0) is 10.2 Å². The van der Waals surface area contributed by atoms with Crippen molar-refractivity contribution in [3.8, 4) is 0 Å². The van der Waals surface area contributed by atoms with Crippen molar-refractivity contribution in [1.82, 2.24) is 24.8 Å². The minimum Gasteiger partial charge on any atom is -0.342 e. The lowest BCUT2D eigenvalue weighted by Gasteiger charge is -2.34. The van der Waals surface area contributed by atoms with Gasteiger partial charge in [0.15, 0.2) is 5.65 Å². The second kappa shape index (κ2) is 6.06. The van der Waals surface area contributed by atoms with E-state index < -0.39 is 11.3 Å². The molecule has 8 nitrogen and oxygen atoms in total. The topological polar surface area (TPSA) is 104 Å². The number of H-pyrrole nitrogens is 1. The van der Waals surface area contributed by atoms with Crippen LogP contribution in [0, 0.1) is 5.82 Å². The van der Waals surface area contributed by atoms with Gasteiger partial charge in [0.05, 0.1) is 17.0 Å². The number of imidazole rings is 1. The number of aromatic amines is 1. The highest BCUT2D eigenvalue weighted by molar-refractivity contribution is 9.10. The lowest BCUT2D eigenvalue weighted by molar-refractivity contribution is -0.117. The van der Waals surface area contributed by atoms with Gasteiger partial charge in [-0.1, -0.05) is 0 Å². The van der Waals surface area contributed by atoms with Crippen LogP contribution in [0.25, 0.3) is 11.2 Å². The van der Waals surface area contributed by atoms with Gasteiger partial charge in [-0.3, -0.25) is 14.9 Å². The highest BCUT2D eigenvalue weighted by atomic mass is 79.9. The number of amides is 2. The summed E-state index contributed by atoms with van der Waals surface area (Å²) in [4.78, 5) is 41.9. The number of rotatable bonds is 3. The van der Waals surface area contributed by atoms with E-state index in [0.29, 0.717) is 33.3 Å². The van der Waals surface area contributed by atoms with Crippen LogP contribution in [0.4, 0.5) is 10.3 Å². The molecule has 142 valence electrons. The molecular weight excluding hydrogens is 431 g/mol. The quantitative estimate of drug-likeness (QED) is 0.645. The maximum absolute atomic E-state index is 14.6. The van der Waals surface area contributed by atoms with E-state index in [4.69, 9.17) is 0 Å². The van der Waals surface area contributed by atoms with Gasteiger partial charge in [-0.2, -0.15) is 4.98 Å². The zero-order chi connectivity index (χ0) is 19.5. The van der Waals surface area contributed by atoms with Crippen LogP contribution >= 0.6 is 15.9 Å². The van der Waals surface area contributed by atoms with E-state index in [1.165, 1.54) is 23.5 Å². The Morgan fingerprint density at radius 1 is 1.36 bits per heavy atom. The summed E-state index contributed by atoms with van der Waals surface area (Å²) in [6.07, 6.45) is 4.59. The number of halogens is 2. The number of carbonyl (C=O) groups excluding carboxylic acids is 2. The average Bonchev–Trinajstić information content (AvgIpc) is 3.27. The summed E-state index contributed by atoms with van der Waals surface area (Å²) in [6.45, 7) is 0.165. The van der Waals surface area contributed by atoms with Crippen molar-refractivity contribution in [2.75, 3.05) is 18.4 Å². The zero-order valence-electron chi connectivity index (χ0n) is 14.5. The zero-order valence-corrected chi connectivity index (χ0v) is 16.1. The van der Waals surface area contributed by atoms with Crippen LogP contribution in [0.1, 0.15) is 28.8 Å². The summed E-state index contributed by atoms with van der Waals surface area (Å²) < 4.78 is 15.0. The van der Waals surface area contributed by atoms with Crippen LogP contribution in [0.3, 0.4) is 0 Å².